The quantitative estimate of drug-likeness (QED) is 0.705. The van der Waals surface area contributed by atoms with Crippen LogP contribution in [0.15, 0.2) is 0 Å². The molecule has 3 heteroatoms. The molecule has 0 spiro atoms. The van der Waals surface area contributed by atoms with E-state index < -0.39 is 5.97 Å². The van der Waals surface area contributed by atoms with Gasteiger partial charge in [0.1, 0.15) is 0 Å². The fraction of sp³-hybridized carbons (Fsp3) is 0.857. The van der Waals surface area contributed by atoms with Crippen LogP contribution in [-0.4, -0.2) is 16.4 Å². The lowest BCUT2D eigenvalue weighted by Crippen LogP contribution is -2.01. The molecular weight excluding hydrogens is 196 g/mol. The van der Waals surface area contributed by atoms with Gasteiger partial charge in [0, 0.05) is 11.8 Å². The van der Waals surface area contributed by atoms with Gasteiger partial charge in [-0.05, 0) is 18.8 Å². The summed E-state index contributed by atoms with van der Waals surface area (Å²) in [4.78, 5) is 10.1. The summed E-state index contributed by atoms with van der Waals surface area (Å²) in [6, 6.07) is 0. The lowest BCUT2D eigenvalue weighted by molar-refractivity contribution is -0.137. The maximum Gasteiger partial charge on any atom is 0.303 e. The van der Waals surface area contributed by atoms with Crippen LogP contribution in [0.1, 0.15) is 26.2 Å². The topological polar surface area (TPSA) is 37.3 Å². The van der Waals surface area contributed by atoms with E-state index in [-0.39, 0.29) is 0 Å². The summed E-state index contributed by atoms with van der Waals surface area (Å²) < 4.78 is 0. The van der Waals surface area contributed by atoms with Crippen molar-refractivity contribution in [3.05, 3.63) is 0 Å². The first-order chi connectivity index (χ1) is 4.66. The zero-order chi connectivity index (χ0) is 7.98. The van der Waals surface area contributed by atoms with Crippen LogP contribution in [0.2, 0.25) is 0 Å². The van der Waals surface area contributed by atoms with E-state index in [4.69, 9.17) is 5.11 Å². The first-order valence-electron chi connectivity index (χ1n) is 3.44. The Balaban J connectivity index is 3.21. The summed E-state index contributed by atoms with van der Waals surface area (Å²) >= 11 is 3.31. The second-order valence-electron chi connectivity index (χ2n) is 2.52. The van der Waals surface area contributed by atoms with Crippen molar-refractivity contribution in [1.29, 1.82) is 0 Å². The van der Waals surface area contributed by atoms with E-state index in [0.29, 0.717) is 12.3 Å². The molecule has 0 aliphatic carbocycles. The van der Waals surface area contributed by atoms with Gasteiger partial charge >= 0.3 is 5.97 Å². The Bertz CT molecular complexity index is 104. The molecule has 0 bridgehead atoms. The molecule has 0 saturated heterocycles. The molecule has 10 heavy (non-hydrogen) atoms. The van der Waals surface area contributed by atoms with Gasteiger partial charge in [0.25, 0.3) is 0 Å². The summed E-state index contributed by atoms with van der Waals surface area (Å²) in [6.07, 6.45) is 2.16. The van der Waals surface area contributed by atoms with Crippen molar-refractivity contribution >= 4 is 21.9 Å². The van der Waals surface area contributed by atoms with E-state index in [1.54, 1.807) is 0 Å². The lowest BCUT2D eigenvalue weighted by Gasteiger charge is -2.05. The zero-order valence-electron chi connectivity index (χ0n) is 6.14. The summed E-state index contributed by atoms with van der Waals surface area (Å²) in [5.74, 6) is -0.170. The number of rotatable bonds is 5. The van der Waals surface area contributed by atoms with Crippen molar-refractivity contribution in [2.45, 2.75) is 26.2 Å². The van der Waals surface area contributed by atoms with E-state index in [1.807, 2.05) is 0 Å². The van der Waals surface area contributed by atoms with Crippen LogP contribution >= 0.6 is 15.9 Å². The molecule has 0 heterocycles. The standard InChI is InChI=1S/C7H13BrO2/c1-6(4-5-8)2-3-7(9)10/h6H,2-5H2,1H3,(H,9,10)/t6-/m0/s1. The predicted octanol–water partition coefficient (Wildman–Crippen LogP) is 2.27. The van der Waals surface area contributed by atoms with Crippen molar-refractivity contribution in [2.24, 2.45) is 5.92 Å². The fourth-order valence-corrected chi connectivity index (χ4v) is 1.48. The van der Waals surface area contributed by atoms with Gasteiger partial charge in [-0.3, -0.25) is 4.79 Å². The Labute approximate surface area is 69.8 Å². The Morgan fingerprint density at radius 3 is 2.60 bits per heavy atom. The number of carboxylic acid groups (broad SMARTS) is 1. The number of hydrogen-bond donors (Lipinski definition) is 1. The highest BCUT2D eigenvalue weighted by molar-refractivity contribution is 9.09. The van der Waals surface area contributed by atoms with Crippen molar-refractivity contribution in [1.82, 2.24) is 0 Å². The highest BCUT2D eigenvalue weighted by atomic mass is 79.9. The summed E-state index contributed by atoms with van der Waals surface area (Å²) in [5, 5.41) is 9.28. The van der Waals surface area contributed by atoms with Crippen molar-refractivity contribution in [2.75, 3.05) is 5.33 Å². The molecule has 0 amide bonds. The molecule has 0 aromatic carbocycles. The van der Waals surface area contributed by atoms with Crippen LogP contribution in [0.3, 0.4) is 0 Å². The van der Waals surface area contributed by atoms with Crippen LogP contribution in [0.25, 0.3) is 0 Å². The van der Waals surface area contributed by atoms with Gasteiger partial charge in [-0.25, -0.2) is 0 Å². The number of aliphatic carboxylic acids is 1. The minimum absolute atomic E-state index is 0.300. The SMILES string of the molecule is C[C@H](CCBr)CCC(=O)O. The van der Waals surface area contributed by atoms with Gasteiger partial charge in [-0.2, -0.15) is 0 Å². The smallest absolute Gasteiger partial charge is 0.303 e. The summed E-state index contributed by atoms with van der Waals surface area (Å²) in [6.45, 7) is 2.07. The largest absolute Gasteiger partial charge is 0.481 e. The number of carbonyl (C=O) groups is 1. The molecule has 0 fully saturated rings. The molecule has 0 saturated carbocycles. The highest BCUT2D eigenvalue weighted by Crippen LogP contribution is 2.10. The summed E-state index contributed by atoms with van der Waals surface area (Å²) in [5.41, 5.74) is 0. The number of halogens is 1. The second-order valence-corrected chi connectivity index (χ2v) is 3.31. The zero-order valence-corrected chi connectivity index (χ0v) is 7.73. The second kappa shape index (κ2) is 5.71. The van der Waals surface area contributed by atoms with Gasteiger partial charge in [-0.1, -0.05) is 22.9 Å². The first-order valence-corrected chi connectivity index (χ1v) is 4.56. The minimum Gasteiger partial charge on any atom is -0.481 e. The third-order valence-electron chi connectivity index (χ3n) is 1.45. The molecule has 0 aromatic heterocycles. The van der Waals surface area contributed by atoms with Crippen molar-refractivity contribution in [3.8, 4) is 0 Å². The van der Waals surface area contributed by atoms with E-state index in [0.717, 1.165) is 18.2 Å². The van der Waals surface area contributed by atoms with Crippen LogP contribution in [0, 0.1) is 5.92 Å². The maximum absolute atomic E-state index is 10.1. The Morgan fingerprint density at radius 1 is 1.60 bits per heavy atom. The van der Waals surface area contributed by atoms with E-state index in [2.05, 4.69) is 22.9 Å². The van der Waals surface area contributed by atoms with Gasteiger partial charge in [0.05, 0.1) is 0 Å². The molecule has 1 atom stereocenters. The van der Waals surface area contributed by atoms with Crippen molar-refractivity contribution < 1.29 is 9.90 Å². The molecule has 60 valence electrons. The third-order valence-corrected chi connectivity index (χ3v) is 1.91. The average Bonchev–Trinajstić information content (AvgIpc) is 1.85. The van der Waals surface area contributed by atoms with E-state index in [1.165, 1.54) is 0 Å². The van der Waals surface area contributed by atoms with Crippen LogP contribution in [-0.2, 0) is 4.79 Å². The lowest BCUT2D eigenvalue weighted by atomic mass is 10.0. The molecule has 0 aliphatic rings. The number of carboxylic acids is 1. The number of hydrogen-bond acceptors (Lipinski definition) is 1. The first kappa shape index (κ1) is 9.95. The Kier molecular flexibility index (Phi) is 5.69. The van der Waals surface area contributed by atoms with E-state index in [9.17, 15) is 4.79 Å². The van der Waals surface area contributed by atoms with Crippen LogP contribution in [0.4, 0.5) is 0 Å². The van der Waals surface area contributed by atoms with E-state index >= 15 is 0 Å². The normalized spacial score (nSPS) is 13.0. The third kappa shape index (κ3) is 6.08. The molecule has 0 aromatic rings. The summed E-state index contributed by atoms with van der Waals surface area (Å²) in [7, 11) is 0. The van der Waals surface area contributed by atoms with Gasteiger partial charge in [-0.15, -0.1) is 0 Å². The molecule has 0 aliphatic heterocycles. The monoisotopic (exact) mass is 208 g/mol. The predicted molar refractivity (Wildman–Crippen MR) is 44.4 cm³/mol. The molecule has 0 radical (unpaired) electrons. The maximum atomic E-state index is 10.1. The number of alkyl halides is 1. The fourth-order valence-electron chi connectivity index (χ4n) is 0.700. The molecule has 2 nitrogen and oxygen atoms in total. The van der Waals surface area contributed by atoms with Gasteiger partial charge in [0.15, 0.2) is 0 Å². The van der Waals surface area contributed by atoms with Crippen LogP contribution < -0.4 is 0 Å². The van der Waals surface area contributed by atoms with Crippen molar-refractivity contribution in [3.63, 3.8) is 0 Å². The molecular formula is C7H13BrO2. The molecule has 0 rings (SSSR count). The Hall–Kier alpha value is -0.0500. The van der Waals surface area contributed by atoms with Gasteiger partial charge in [0.2, 0.25) is 0 Å². The minimum atomic E-state index is -0.693. The average molecular weight is 209 g/mol. The molecule has 0 unspecified atom stereocenters. The highest BCUT2D eigenvalue weighted by Gasteiger charge is 2.03. The van der Waals surface area contributed by atoms with Gasteiger partial charge < -0.3 is 5.11 Å². The Morgan fingerprint density at radius 2 is 2.20 bits per heavy atom. The van der Waals surface area contributed by atoms with Crippen LogP contribution in [0.5, 0.6) is 0 Å². The molecule has 1 N–H and O–H groups in total.